The Labute approximate surface area is 197 Å². The number of fused-ring (bicyclic) bond motifs is 1. The smallest absolute Gasteiger partial charge is 0.327 e. The number of pyridine rings is 1. The van der Waals surface area contributed by atoms with Crippen molar-refractivity contribution in [3.8, 4) is 0 Å². The molecule has 1 aliphatic rings. The molecule has 0 radical (unpaired) electrons. The molecule has 8 heteroatoms. The van der Waals surface area contributed by atoms with Crippen LogP contribution >= 0.6 is 0 Å². The number of hydrogen-bond donors (Lipinski definition) is 2. The molecule has 1 amide bonds. The molecule has 0 bridgehead atoms. The van der Waals surface area contributed by atoms with Crippen LogP contribution in [0.25, 0.3) is 10.8 Å². The first-order valence-electron chi connectivity index (χ1n) is 11.1. The number of rotatable bonds is 7. The Morgan fingerprint density at radius 3 is 2.41 bits per heavy atom. The first-order valence-corrected chi connectivity index (χ1v) is 11.1. The number of benzene rings is 2. The highest BCUT2D eigenvalue weighted by molar-refractivity contribution is 6.12. The van der Waals surface area contributed by atoms with Gasteiger partial charge in [0, 0.05) is 23.5 Å². The lowest BCUT2D eigenvalue weighted by molar-refractivity contribution is -0.169. The third kappa shape index (κ3) is 4.04. The highest BCUT2D eigenvalue weighted by Gasteiger charge is 2.47. The third-order valence-electron chi connectivity index (χ3n) is 6.05. The lowest BCUT2D eigenvalue weighted by Gasteiger charge is -2.46. The summed E-state index contributed by atoms with van der Waals surface area (Å²) in [7, 11) is 0. The van der Waals surface area contributed by atoms with Crippen molar-refractivity contribution in [3.05, 3.63) is 83.8 Å². The maximum atomic E-state index is 13.7. The van der Waals surface area contributed by atoms with Crippen LogP contribution in [0.3, 0.4) is 0 Å². The fourth-order valence-corrected chi connectivity index (χ4v) is 4.46. The van der Waals surface area contributed by atoms with Gasteiger partial charge in [-0.25, -0.2) is 0 Å². The van der Waals surface area contributed by atoms with Gasteiger partial charge in [0.25, 0.3) is 5.91 Å². The summed E-state index contributed by atoms with van der Waals surface area (Å²) in [5.41, 5.74) is 1.22. The fourth-order valence-electron chi connectivity index (χ4n) is 4.46. The lowest BCUT2D eigenvalue weighted by atomic mass is 9.94. The van der Waals surface area contributed by atoms with E-state index in [-0.39, 0.29) is 17.8 Å². The number of amides is 1. The van der Waals surface area contributed by atoms with Crippen LogP contribution in [0.4, 0.5) is 5.69 Å². The van der Waals surface area contributed by atoms with Crippen LogP contribution in [0.5, 0.6) is 0 Å². The molecule has 0 aliphatic carbocycles. The standard InChI is InChI=1S/C26H26N4O4/c1-4-29-25(32)23(28-21-15-27-14-19-12-8-9-13-20(19)21)22(17(3)31)24(26(33)34)30(29)16(2)18-10-6-5-7-11-18/h5-16,24,28H,4H2,1-3H3,(H,33,34). The molecule has 3 aromatic rings. The van der Waals surface area contributed by atoms with Gasteiger partial charge in [-0.15, -0.1) is 0 Å². The van der Waals surface area contributed by atoms with Gasteiger partial charge >= 0.3 is 5.97 Å². The number of nitrogens with one attached hydrogen (secondary N) is 1. The van der Waals surface area contributed by atoms with Crippen LogP contribution in [-0.4, -0.2) is 50.4 Å². The van der Waals surface area contributed by atoms with Crippen molar-refractivity contribution in [1.29, 1.82) is 0 Å². The van der Waals surface area contributed by atoms with Crippen molar-refractivity contribution in [2.45, 2.75) is 32.9 Å². The van der Waals surface area contributed by atoms with Crippen LogP contribution in [0, 0.1) is 0 Å². The highest BCUT2D eigenvalue weighted by atomic mass is 16.4. The van der Waals surface area contributed by atoms with E-state index in [1.54, 1.807) is 19.3 Å². The summed E-state index contributed by atoms with van der Waals surface area (Å²) in [6.07, 6.45) is 3.26. The van der Waals surface area contributed by atoms with Gasteiger partial charge in [0.05, 0.1) is 23.5 Å². The monoisotopic (exact) mass is 458 g/mol. The van der Waals surface area contributed by atoms with Gasteiger partial charge in [0.2, 0.25) is 0 Å². The van der Waals surface area contributed by atoms with Crippen LogP contribution in [0.1, 0.15) is 32.4 Å². The Morgan fingerprint density at radius 1 is 1.09 bits per heavy atom. The molecular formula is C26H26N4O4. The average Bonchev–Trinajstić information content (AvgIpc) is 2.84. The molecule has 0 saturated carbocycles. The van der Waals surface area contributed by atoms with E-state index in [0.717, 1.165) is 16.3 Å². The Bertz CT molecular complexity index is 1280. The maximum Gasteiger partial charge on any atom is 0.327 e. The Hall–Kier alpha value is -4.04. The topological polar surface area (TPSA) is 103 Å². The number of nitrogens with zero attached hydrogens (tertiary/aromatic N) is 3. The third-order valence-corrected chi connectivity index (χ3v) is 6.05. The van der Waals surface area contributed by atoms with Gasteiger partial charge in [-0.1, -0.05) is 54.6 Å². The van der Waals surface area contributed by atoms with E-state index in [1.165, 1.54) is 16.9 Å². The number of carboxylic acid groups (broad SMARTS) is 1. The summed E-state index contributed by atoms with van der Waals surface area (Å²) in [6, 6.07) is 15.0. The van der Waals surface area contributed by atoms with Crippen LogP contribution in [0.2, 0.25) is 0 Å². The molecule has 8 nitrogen and oxygen atoms in total. The van der Waals surface area contributed by atoms with E-state index < -0.39 is 29.7 Å². The molecule has 1 aromatic heterocycles. The number of carbonyl (C=O) groups is 3. The SMILES string of the molecule is CCN1C(=O)C(Nc2cncc3ccccc23)=C(C(C)=O)C(C(=O)O)N1C(C)c1ccccc1. The van der Waals surface area contributed by atoms with Crippen molar-refractivity contribution in [2.75, 3.05) is 11.9 Å². The summed E-state index contributed by atoms with van der Waals surface area (Å²) in [5, 5.41) is 17.9. The van der Waals surface area contributed by atoms with Crippen LogP contribution in [0.15, 0.2) is 78.3 Å². The van der Waals surface area contributed by atoms with Crippen LogP contribution in [-0.2, 0) is 14.4 Å². The summed E-state index contributed by atoms with van der Waals surface area (Å²) in [5.74, 6) is -2.17. The predicted octanol–water partition coefficient (Wildman–Crippen LogP) is 3.78. The van der Waals surface area contributed by atoms with E-state index in [1.807, 2.05) is 61.5 Å². The fraction of sp³-hybridized carbons (Fsp3) is 0.231. The zero-order chi connectivity index (χ0) is 24.4. The molecule has 4 rings (SSSR count). The number of aromatic nitrogens is 1. The minimum Gasteiger partial charge on any atom is -0.480 e. The summed E-state index contributed by atoms with van der Waals surface area (Å²) in [4.78, 5) is 43.4. The summed E-state index contributed by atoms with van der Waals surface area (Å²) in [6.45, 7) is 5.11. The molecule has 2 atom stereocenters. The van der Waals surface area contributed by atoms with Crippen molar-refractivity contribution >= 4 is 34.1 Å². The highest BCUT2D eigenvalue weighted by Crippen LogP contribution is 2.35. The average molecular weight is 459 g/mol. The largest absolute Gasteiger partial charge is 0.480 e. The normalized spacial score (nSPS) is 17.7. The van der Waals surface area contributed by atoms with Gasteiger partial charge in [-0.3, -0.25) is 24.4 Å². The molecule has 0 fully saturated rings. The number of carbonyl (C=O) groups excluding carboxylic acids is 2. The van der Waals surface area contributed by atoms with Gasteiger partial charge in [-0.2, -0.15) is 5.01 Å². The molecule has 0 spiro atoms. The van der Waals surface area contributed by atoms with E-state index >= 15 is 0 Å². The van der Waals surface area contributed by atoms with Crippen LogP contribution < -0.4 is 5.32 Å². The second-order valence-electron chi connectivity index (χ2n) is 8.11. The number of carboxylic acids is 1. The van der Waals surface area contributed by atoms with Gasteiger partial charge in [-0.05, 0) is 26.3 Å². The van der Waals surface area contributed by atoms with Crippen molar-refractivity contribution in [2.24, 2.45) is 0 Å². The summed E-state index contributed by atoms with van der Waals surface area (Å²) >= 11 is 0. The van der Waals surface area contributed by atoms with E-state index in [0.29, 0.717) is 5.69 Å². The summed E-state index contributed by atoms with van der Waals surface area (Å²) < 4.78 is 0. The quantitative estimate of drug-likeness (QED) is 0.555. The minimum absolute atomic E-state index is 0.0450. The van der Waals surface area contributed by atoms with Crippen molar-refractivity contribution in [1.82, 2.24) is 15.0 Å². The number of hydrogen-bond acceptors (Lipinski definition) is 6. The zero-order valence-electron chi connectivity index (χ0n) is 19.2. The molecule has 2 aromatic carbocycles. The number of anilines is 1. The number of hydrazine groups is 1. The van der Waals surface area contributed by atoms with E-state index in [4.69, 9.17) is 0 Å². The number of aliphatic carboxylic acids is 1. The molecule has 1 aliphatic heterocycles. The maximum absolute atomic E-state index is 13.7. The lowest BCUT2D eigenvalue weighted by Crippen LogP contribution is -2.61. The molecule has 0 saturated heterocycles. The Balaban J connectivity index is 1.89. The van der Waals surface area contributed by atoms with E-state index in [2.05, 4.69) is 10.3 Å². The first kappa shape index (κ1) is 23.1. The second-order valence-corrected chi connectivity index (χ2v) is 8.11. The molecule has 2 heterocycles. The first-order chi connectivity index (χ1) is 16.3. The Morgan fingerprint density at radius 2 is 1.76 bits per heavy atom. The number of Topliss-reactive ketones (excluding diaryl/α,β-unsaturated/α-hetero) is 1. The Kier molecular flexibility index (Phi) is 6.43. The minimum atomic E-state index is -1.35. The predicted molar refractivity (Wildman–Crippen MR) is 129 cm³/mol. The van der Waals surface area contributed by atoms with Crippen molar-refractivity contribution < 1.29 is 19.5 Å². The molecule has 2 unspecified atom stereocenters. The number of likely N-dealkylation sites (N-methyl/N-ethyl adjacent to an activating group) is 1. The molecule has 34 heavy (non-hydrogen) atoms. The van der Waals surface area contributed by atoms with Gasteiger partial charge < -0.3 is 10.4 Å². The van der Waals surface area contributed by atoms with Crippen molar-refractivity contribution in [3.63, 3.8) is 0 Å². The second kappa shape index (κ2) is 9.44. The molecule has 2 N–H and O–H groups in total. The van der Waals surface area contributed by atoms with Gasteiger partial charge in [0.1, 0.15) is 5.70 Å². The van der Waals surface area contributed by atoms with E-state index in [9.17, 15) is 19.5 Å². The zero-order valence-corrected chi connectivity index (χ0v) is 19.2. The molecule has 174 valence electrons. The number of ketones is 1. The molecular weight excluding hydrogens is 432 g/mol. The van der Waals surface area contributed by atoms with Gasteiger partial charge in [0.15, 0.2) is 11.8 Å².